The van der Waals surface area contributed by atoms with E-state index >= 15 is 0 Å². The molecule has 1 amide bonds. The number of carbonyl (C=O) groups is 2. The molecule has 1 aliphatic carbocycles. The van der Waals surface area contributed by atoms with Crippen LogP contribution in [0.2, 0.25) is 0 Å². The second kappa shape index (κ2) is 10.7. The Balaban J connectivity index is 1.48. The van der Waals surface area contributed by atoms with Crippen LogP contribution in [0.5, 0.6) is 0 Å². The molecule has 198 valence electrons. The van der Waals surface area contributed by atoms with E-state index in [1.807, 2.05) is 44.3 Å². The lowest BCUT2D eigenvalue weighted by Crippen LogP contribution is -2.43. The SMILES string of the molecule is CCOC(=O)c1cn(-c2ccc(-c3cc4ncccn4n3)nc2)nc1N(C(=O)[C@H]1CC[C@H](C)CC1)C(C)C. The third kappa shape index (κ3) is 5.03. The fraction of sp³-hybridized carbons (Fsp3) is 0.429. The summed E-state index contributed by atoms with van der Waals surface area (Å²) in [4.78, 5) is 37.2. The molecule has 5 rings (SSSR count). The quantitative estimate of drug-likeness (QED) is 0.328. The molecule has 0 radical (unpaired) electrons. The van der Waals surface area contributed by atoms with Crippen molar-refractivity contribution in [1.29, 1.82) is 0 Å². The van der Waals surface area contributed by atoms with E-state index in [1.165, 1.54) is 0 Å². The molecule has 10 heteroatoms. The Labute approximate surface area is 221 Å². The first-order chi connectivity index (χ1) is 18.4. The largest absolute Gasteiger partial charge is 0.462 e. The smallest absolute Gasteiger partial charge is 0.343 e. The number of anilines is 1. The van der Waals surface area contributed by atoms with Gasteiger partial charge in [-0.3, -0.25) is 14.7 Å². The molecule has 0 atom stereocenters. The Bertz CT molecular complexity index is 1400. The topological polar surface area (TPSA) is 108 Å². The van der Waals surface area contributed by atoms with E-state index in [2.05, 4.69) is 22.0 Å². The van der Waals surface area contributed by atoms with Crippen LogP contribution in [0.3, 0.4) is 0 Å². The number of ether oxygens (including phenoxy) is 1. The molecule has 0 bridgehead atoms. The minimum atomic E-state index is -0.508. The minimum Gasteiger partial charge on any atom is -0.462 e. The fourth-order valence-electron chi connectivity index (χ4n) is 4.96. The van der Waals surface area contributed by atoms with Crippen molar-refractivity contribution in [2.75, 3.05) is 11.5 Å². The molecule has 0 aliphatic heterocycles. The van der Waals surface area contributed by atoms with Gasteiger partial charge in [0, 0.05) is 36.6 Å². The van der Waals surface area contributed by atoms with Gasteiger partial charge in [-0.05, 0) is 70.6 Å². The summed E-state index contributed by atoms with van der Waals surface area (Å²) in [6, 6.07) is 7.21. The Hall–Kier alpha value is -4.08. The molecule has 38 heavy (non-hydrogen) atoms. The van der Waals surface area contributed by atoms with Crippen molar-refractivity contribution in [2.45, 2.75) is 59.4 Å². The second-order valence-electron chi connectivity index (χ2n) is 10.1. The summed E-state index contributed by atoms with van der Waals surface area (Å²) in [5.74, 6) is 0.378. The monoisotopic (exact) mass is 515 g/mol. The molecule has 0 unspecified atom stereocenters. The van der Waals surface area contributed by atoms with Crippen molar-refractivity contribution in [3.63, 3.8) is 0 Å². The first-order valence-corrected chi connectivity index (χ1v) is 13.2. The highest BCUT2D eigenvalue weighted by Crippen LogP contribution is 2.33. The number of fused-ring (bicyclic) bond motifs is 1. The lowest BCUT2D eigenvalue weighted by Gasteiger charge is -2.32. The van der Waals surface area contributed by atoms with Crippen LogP contribution >= 0.6 is 0 Å². The molecule has 1 aliphatic rings. The van der Waals surface area contributed by atoms with Crippen molar-refractivity contribution in [3.05, 3.63) is 54.6 Å². The summed E-state index contributed by atoms with van der Waals surface area (Å²) in [6.45, 7) is 8.10. The zero-order chi connectivity index (χ0) is 26.8. The van der Waals surface area contributed by atoms with Crippen LogP contribution in [0.25, 0.3) is 22.7 Å². The number of esters is 1. The number of carbonyl (C=O) groups excluding carboxylic acids is 2. The van der Waals surface area contributed by atoms with Gasteiger partial charge < -0.3 is 4.74 Å². The first kappa shape index (κ1) is 25.6. The summed E-state index contributed by atoms with van der Waals surface area (Å²) >= 11 is 0. The van der Waals surface area contributed by atoms with Gasteiger partial charge in [0.15, 0.2) is 11.5 Å². The van der Waals surface area contributed by atoms with Gasteiger partial charge in [-0.15, -0.1) is 5.10 Å². The predicted molar refractivity (Wildman–Crippen MR) is 143 cm³/mol. The third-order valence-corrected chi connectivity index (χ3v) is 7.05. The van der Waals surface area contributed by atoms with E-state index in [0.29, 0.717) is 28.8 Å². The Morgan fingerprint density at radius 2 is 1.89 bits per heavy atom. The number of pyridine rings is 1. The molecule has 0 saturated heterocycles. The molecule has 1 fully saturated rings. The lowest BCUT2D eigenvalue weighted by molar-refractivity contribution is -0.124. The lowest BCUT2D eigenvalue weighted by atomic mass is 9.82. The van der Waals surface area contributed by atoms with Gasteiger partial charge in [0.1, 0.15) is 11.3 Å². The molecule has 0 N–H and O–H groups in total. The maximum Gasteiger partial charge on any atom is 0.343 e. The highest BCUT2D eigenvalue weighted by Gasteiger charge is 2.34. The minimum absolute atomic E-state index is 0.0108. The van der Waals surface area contributed by atoms with Crippen LogP contribution in [0, 0.1) is 11.8 Å². The van der Waals surface area contributed by atoms with Crippen LogP contribution < -0.4 is 4.90 Å². The van der Waals surface area contributed by atoms with Gasteiger partial charge in [-0.2, -0.15) is 5.10 Å². The molecule has 4 heterocycles. The average molecular weight is 516 g/mol. The summed E-state index contributed by atoms with van der Waals surface area (Å²) in [5.41, 5.74) is 3.02. The molecular formula is C28H33N7O3. The van der Waals surface area contributed by atoms with Gasteiger partial charge >= 0.3 is 5.97 Å². The number of hydrogen-bond donors (Lipinski definition) is 0. The molecule has 4 aromatic rings. The highest BCUT2D eigenvalue weighted by molar-refractivity contribution is 6.02. The molecule has 0 spiro atoms. The third-order valence-electron chi connectivity index (χ3n) is 7.05. The number of rotatable bonds is 7. The Morgan fingerprint density at radius 1 is 1.11 bits per heavy atom. The molecule has 0 aromatic carbocycles. The maximum absolute atomic E-state index is 13.7. The molecular weight excluding hydrogens is 482 g/mol. The van der Waals surface area contributed by atoms with E-state index in [4.69, 9.17) is 9.84 Å². The van der Waals surface area contributed by atoms with Gasteiger partial charge in [0.25, 0.3) is 0 Å². The number of nitrogens with zero attached hydrogens (tertiary/aromatic N) is 7. The van der Waals surface area contributed by atoms with Crippen molar-refractivity contribution < 1.29 is 14.3 Å². The van der Waals surface area contributed by atoms with E-state index in [-0.39, 0.29) is 30.0 Å². The van der Waals surface area contributed by atoms with Crippen LogP contribution in [0.1, 0.15) is 63.7 Å². The number of aromatic nitrogens is 6. The Morgan fingerprint density at radius 3 is 2.55 bits per heavy atom. The average Bonchev–Trinajstić information content (AvgIpc) is 3.54. The summed E-state index contributed by atoms with van der Waals surface area (Å²) < 4.78 is 8.60. The van der Waals surface area contributed by atoms with E-state index < -0.39 is 5.97 Å². The van der Waals surface area contributed by atoms with Crippen molar-refractivity contribution in [3.8, 4) is 17.1 Å². The van der Waals surface area contributed by atoms with Crippen LogP contribution in [-0.2, 0) is 9.53 Å². The zero-order valence-electron chi connectivity index (χ0n) is 22.2. The molecule has 4 aromatic heterocycles. The summed E-state index contributed by atoms with van der Waals surface area (Å²) in [6.07, 6.45) is 10.6. The van der Waals surface area contributed by atoms with Gasteiger partial charge in [0.2, 0.25) is 5.91 Å². The molecule has 1 saturated carbocycles. The summed E-state index contributed by atoms with van der Waals surface area (Å²) in [7, 11) is 0. The van der Waals surface area contributed by atoms with Gasteiger partial charge in [0.05, 0.1) is 24.2 Å². The van der Waals surface area contributed by atoms with Crippen molar-refractivity contribution >= 4 is 23.3 Å². The van der Waals surface area contributed by atoms with Crippen LogP contribution in [0.15, 0.2) is 49.1 Å². The zero-order valence-corrected chi connectivity index (χ0v) is 22.2. The van der Waals surface area contributed by atoms with Crippen LogP contribution in [0.4, 0.5) is 5.82 Å². The Kier molecular flexibility index (Phi) is 7.22. The standard InChI is InChI=1S/C28H33N7O3/c1-5-38-28(37)22-17-34(32-26(22)35(18(2)3)27(36)20-9-7-19(4)8-10-20)21-11-12-23(30-16-21)24-15-25-29-13-6-14-33(25)31-24/h6,11-20H,5,7-10H2,1-4H3/t19-,20-. The predicted octanol–water partition coefficient (Wildman–Crippen LogP) is 4.72. The van der Waals surface area contributed by atoms with E-state index in [1.54, 1.807) is 39.6 Å². The maximum atomic E-state index is 13.7. The molecule has 10 nitrogen and oxygen atoms in total. The number of amides is 1. The number of hydrogen-bond acceptors (Lipinski definition) is 7. The summed E-state index contributed by atoms with van der Waals surface area (Å²) in [5, 5.41) is 9.25. The second-order valence-corrected chi connectivity index (χ2v) is 10.1. The van der Waals surface area contributed by atoms with E-state index in [9.17, 15) is 9.59 Å². The van der Waals surface area contributed by atoms with Crippen LogP contribution in [-0.4, -0.2) is 53.9 Å². The van der Waals surface area contributed by atoms with Gasteiger partial charge in [-0.1, -0.05) is 6.92 Å². The van der Waals surface area contributed by atoms with E-state index in [0.717, 1.165) is 31.3 Å². The highest BCUT2D eigenvalue weighted by atomic mass is 16.5. The first-order valence-electron chi connectivity index (χ1n) is 13.2. The van der Waals surface area contributed by atoms with Crippen molar-refractivity contribution in [2.24, 2.45) is 11.8 Å². The van der Waals surface area contributed by atoms with Gasteiger partial charge in [-0.25, -0.2) is 19.0 Å². The normalized spacial score (nSPS) is 17.6. The van der Waals surface area contributed by atoms with Crippen molar-refractivity contribution in [1.82, 2.24) is 29.4 Å². The fourth-order valence-corrected chi connectivity index (χ4v) is 4.96.